The van der Waals surface area contributed by atoms with E-state index in [4.69, 9.17) is 11.6 Å². The van der Waals surface area contributed by atoms with Gasteiger partial charge in [-0.05, 0) is 18.8 Å². The van der Waals surface area contributed by atoms with Crippen LogP contribution in [0.3, 0.4) is 0 Å². The van der Waals surface area contributed by atoms with Crippen molar-refractivity contribution in [3.05, 3.63) is 18.2 Å². The summed E-state index contributed by atoms with van der Waals surface area (Å²) in [6, 6.07) is 0. The Morgan fingerprint density at radius 1 is 1.40 bits per heavy atom. The third-order valence-corrected chi connectivity index (χ3v) is 3.28. The summed E-state index contributed by atoms with van der Waals surface area (Å²) >= 11 is 6.13. The van der Waals surface area contributed by atoms with Crippen LogP contribution in [0.1, 0.15) is 19.3 Å². The Bertz CT molecular complexity index is 317. The summed E-state index contributed by atoms with van der Waals surface area (Å²) < 4.78 is 12.5. The van der Waals surface area contributed by atoms with E-state index in [2.05, 4.69) is 15.3 Å². The summed E-state index contributed by atoms with van der Waals surface area (Å²) in [4.78, 5) is 7.65. The fraction of sp³-hybridized carbons (Fsp3) is 0.600. The normalized spacial score (nSPS) is 25.5. The molecule has 15 heavy (non-hydrogen) atoms. The summed E-state index contributed by atoms with van der Waals surface area (Å²) in [7, 11) is 0. The molecule has 0 saturated heterocycles. The van der Waals surface area contributed by atoms with Crippen LogP contribution in [0, 0.1) is 11.7 Å². The van der Waals surface area contributed by atoms with Crippen molar-refractivity contribution in [3.8, 4) is 0 Å². The minimum Gasteiger partial charge on any atom is -0.354 e. The smallest absolute Gasteiger partial charge is 0.222 e. The van der Waals surface area contributed by atoms with Crippen LogP contribution in [0.4, 0.5) is 10.3 Å². The fourth-order valence-corrected chi connectivity index (χ4v) is 2.22. The quantitative estimate of drug-likeness (QED) is 0.809. The molecule has 1 aliphatic carbocycles. The van der Waals surface area contributed by atoms with Crippen molar-refractivity contribution in [1.82, 2.24) is 9.97 Å². The molecule has 0 spiro atoms. The Morgan fingerprint density at radius 2 is 2.13 bits per heavy atom. The Hall–Kier alpha value is -0.900. The molecule has 0 bridgehead atoms. The van der Waals surface area contributed by atoms with Crippen LogP contribution in [0.15, 0.2) is 12.4 Å². The van der Waals surface area contributed by atoms with E-state index in [1.807, 2.05) is 0 Å². The first-order chi connectivity index (χ1) is 7.25. The third-order valence-electron chi connectivity index (χ3n) is 2.71. The van der Waals surface area contributed by atoms with Gasteiger partial charge in [-0.2, -0.15) is 0 Å². The number of rotatable bonds is 3. The molecule has 1 saturated carbocycles. The zero-order valence-corrected chi connectivity index (χ0v) is 9.04. The van der Waals surface area contributed by atoms with Crippen LogP contribution in [0.2, 0.25) is 0 Å². The van der Waals surface area contributed by atoms with E-state index in [1.54, 1.807) is 0 Å². The summed E-state index contributed by atoms with van der Waals surface area (Å²) in [6.07, 6.45) is 5.72. The number of halogens is 2. The van der Waals surface area contributed by atoms with Crippen LogP contribution < -0.4 is 5.32 Å². The molecular weight excluding hydrogens is 217 g/mol. The van der Waals surface area contributed by atoms with Gasteiger partial charge in [0, 0.05) is 11.9 Å². The second-order valence-electron chi connectivity index (χ2n) is 3.81. The zero-order valence-electron chi connectivity index (χ0n) is 8.29. The highest BCUT2D eigenvalue weighted by molar-refractivity contribution is 6.20. The van der Waals surface area contributed by atoms with Gasteiger partial charge < -0.3 is 5.32 Å². The SMILES string of the molecule is Fc1cnc(NCC2CCCC2Cl)nc1. The molecule has 0 amide bonds. The molecule has 82 valence electrons. The molecule has 1 aromatic rings. The molecule has 3 nitrogen and oxygen atoms in total. The van der Waals surface area contributed by atoms with Gasteiger partial charge in [0.15, 0.2) is 5.82 Å². The second-order valence-corrected chi connectivity index (χ2v) is 4.37. The van der Waals surface area contributed by atoms with Crippen molar-refractivity contribution in [2.75, 3.05) is 11.9 Å². The molecule has 0 radical (unpaired) electrons. The van der Waals surface area contributed by atoms with E-state index in [-0.39, 0.29) is 5.38 Å². The van der Waals surface area contributed by atoms with E-state index in [0.29, 0.717) is 11.9 Å². The number of nitrogens with zero attached hydrogens (tertiary/aromatic N) is 2. The van der Waals surface area contributed by atoms with E-state index in [0.717, 1.165) is 31.8 Å². The summed E-state index contributed by atoms with van der Waals surface area (Å²) in [6.45, 7) is 0.764. The van der Waals surface area contributed by atoms with E-state index >= 15 is 0 Å². The van der Waals surface area contributed by atoms with Gasteiger partial charge >= 0.3 is 0 Å². The van der Waals surface area contributed by atoms with Gasteiger partial charge in [-0.15, -0.1) is 11.6 Å². The molecule has 0 aromatic carbocycles. The maximum atomic E-state index is 12.5. The minimum absolute atomic E-state index is 0.248. The van der Waals surface area contributed by atoms with Gasteiger partial charge in [0.05, 0.1) is 12.4 Å². The van der Waals surface area contributed by atoms with Gasteiger partial charge in [-0.25, -0.2) is 14.4 Å². The number of alkyl halides is 1. The first kappa shape index (κ1) is 10.6. The molecular formula is C10H13ClFN3. The van der Waals surface area contributed by atoms with Crippen molar-refractivity contribution >= 4 is 17.5 Å². The molecule has 2 rings (SSSR count). The second kappa shape index (κ2) is 4.75. The van der Waals surface area contributed by atoms with E-state index < -0.39 is 5.82 Å². The Balaban J connectivity index is 1.85. The van der Waals surface area contributed by atoms with Crippen LogP contribution in [-0.4, -0.2) is 21.9 Å². The maximum Gasteiger partial charge on any atom is 0.222 e. The highest BCUT2D eigenvalue weighted by Gasteiger charge is 2.24. The zero-order chi connectivity index (χ0) is 10.7. The Kier molecular flexibility index (Phi) is 3.36. The Labute approximate surface area is 93.1 Å². The monoisotopic (exact) mass is 229 g/mol. The molecule has 1 fully saturated rings. The van der Waals surface area contributed by atoms with Crippen LogP contribution in [0.5, 0.6) is 0 Å². The van der Waals surface area contributed by atoms with Crippen molar-refractivity contribution in [2.45, 2.75) is 24.6 Å². The fourth-order valence-electron chi connectivity index (χ4n) is 1.85. The lowest BCUT2D eigenvalue weighted by Gasteiger charge is -2.13. The van der Waals surface area contributed by atoms with Crippen molar-refractivity contribution in [1.29, 1.82) is 0 Å². The topological polar surface area (TPSA) is 37.8 Å². The van der Waals surface area contributed by atoms with Crippen molar-refractivity contribution < 1.29 is 4.39 Å². The lowest BCUT2D eigenvalue weighted by molar-refractivity contribution is 0.581. The largest absolute Gasteiger partial charge is 0.354 e. The van der Waals surface area contributed by atoms with Gasteiger partial charge in [-0.3, -0.25) is 0 Å². The van der Waals surface area contributed by atoms with Crippen molar-refractivity contribution in [2.24, 2.45) is 5.92 Å². The van der Waals surface area contributed by atoms with Gasteiger partial charge in [0.2, 0.25) is 5.95 Å². The average molecular weight is 230 g/mol. The van der Waals surface area contributed by atoms with Crippen LogP contribution in [0.25, 0.3) is 0 Å². The molecule has 5 heteroatoms. The van der Waals surface area contributed by atoms with Crippen LogP contribution in [-0.2, 0) is 0 Å². The number of anilines is 1. The van der Waals surface area contributed by atoms with Gasteiger partial charge in [0.1, 0.15) is 0 Å². The van der Waals surface area contributed by atoms with E-state index in [1.165, 1.54) is 6.42 Å². The lowest BCUT2D eigenvalue weighted by atomic mass is 10.1. The lowest BCUT2D eigenvalue weighted by Crippen LogP contribution is -2.19. The first-order valence-electron chi connectivity index (χ1n) is 5.11. The summed E-state index contributed by atoms with van der Waals surface area (Å²) in [5.74, 6) is 0.518. The maximum absolute atomic E-state index is 12.5. The third kappa shape index (κ3) is 2.78. The van der Waals surface area contributed by atoms with Gasteiger partial charge in [-0.1, -0.05) is 6.42 Å². The number of nitrogens with one attached hydrogen (secondary N) is 1. The predicted molar refractivity (Wildman–Crippen MR) is 57.5 cm³/mol. The molecule has 2 atom stereocenters. The molecule has 1 heterocycles. The standard InChI is InChI=1S/C10H13ClFN3/c11-9-3-1-2-7(9)4-13-10-14-5-8(12)6-15-10/h5-7,9H,1-4H2,(H,13,14,15). The number of hydrogen-bond donors (Lipinski definition) is 1. The predicted octanol–water partition coefficient (Wildman–Crippen LogP) is 2.44. The van der Waals surface area contributed by atoms with Gasteiger partial charge in [0.25, 0.3) is 0 Å². The average Bonchev–Trinajstić information content (AvgIpc) is 2.63. The molecule has 1 aromatic heterocycles. The summed E-state index contributed by atoms with van der Waals surface area (Å²) in [5, 5.41) is 3.32. The Morgan fingerprint density at radius 3 is 2.73 bits per heavy atom. The summed E-state index contributed by atoms with van der Waals surface area (Å²) in [5.41, 5.74) is 0. The number of hydrogen-bond acceptors (Lipinski definition) is 3. The first-order valence-corrected chi connectivity index (χ1v) is 5.55. The number of aromatic nitrogens is 2. The van der Waals surface area contributed by atoms with Crippen molar-refractivity contribution in [3.63, 3.8) is 0 Å². The molecule has 2 unspecified atom stereocenters. The highest BCUT2D eigenvalue weighted by Crippen LogP contribution is 2.29. The molecule has 0 aliphatic heterocycles. The minimum atomic E-state index is -0.420. The highest BCUT2D eigenvalue weighted by atomic mass is 35.5. The molecule has 1 aliphatic rings. The van der Waals surface area contributed by atoms with E-state index in [9.17, 15) is 4.39 Å². The van der Waals surface area contributed by atoms with Crippen LogP contribution >= 0.6 is 11.6 Å². The molecule has 1 N–H and O–H groups in total.